The Bertz CT molecular complexity index is 737. The number of hydrogen-bond acceptors (Lipinski definition) is 5. The van der Waals surface area contributed by atoms with Crippen LogP contribution in [0.25, 0.3) is 11.3 Å². The van der Waals surface area contributed by atoms with E-state index in [1.807, 2.05) is 30.9 Å². The molecule has 0 N–H and O–H groups in total. The summed E-state index contributed by atoms with van der Waals surface area (Å²) in [6.45, 7) is 8.71. The third-order valence-electron chi connectivity index (χ3n) is 5.49. The maximum atomic E-state index is 4.90. The van der Waals surface area contributed by atoms with Crippen molar-refractivity contribution < 1.29 is 0 Å². The highest BCUT2D eigenvalue weighted by molar-refractivity contribution is 5.65. The fourth-order valence-electron chi connectivity index (χ4n) is 4.17. The zero-order chi connectivity index (χ0) is 16.7. The lowest BCUT2D eigenvalue weighted by atomic mass is 10.1. The maximum Gasteiger partial charge on any atom is 0.225 e. The number of anilines is 1. The number of rotatable bonds is 2. The van der Waals surface area contributed by atoms with E-state index in [1.54, 1.807) is 0 Å². The fraction of sp³-hybridized carbons (Fsp3) is 0.611. The van der Waals surface area contributed by atoms with Crippen molar-refractivity contribution in [1.82, 2.24) is 24.6 Å². The Morgan fingerprint density at radius 1 is 1.12 bits per heavy atom. The summed E-state index contributed by atoms with van der Waals surface area (Å²) < 4.78 is 1.93. The van der Waals surface area contributed by atoms with Gasteiger partial charge < -0.3 is 4.90 Å². The molecule has 2 aliphatic rings. The van der Waals surface area contributed by atoms with Crippen LogP contribution in [0, 0.1) is 13.8 Å². The molecule has 4 heterocycles. The van der Waals surface area contributed by atoms with E-state index in [0.717, 1.165) is 41.7 Å². The standard InChI is InChI=1S/C18H26N6/c1-13-17(14(2)22(3)21-13)16-7-8-19-18(20-16)24-11-5-10-23-9-4-6-15(23)12-24/h7-8,15H,4-6,9-12H2,1-3H3/t15-/m0/s1. The molecule has 6 heteroatoms. The molecule has 2 aromatic rings. The Morgan fingerprint density at radius 2 is 1.96 bits per heavy atom. The summed E-state index contributed by atoms with van der Waals surface area (Å²) in [4.78, 5) is 14.5. The van der Waals surface area contributed by atoms with Gasteiger partial charge in [0, 0.05) is 50.2 Å². The molecule has 2 aliphatic heterocycles. The van der Waals surface area contributed by atoms with Gasteiger partial charge in [-0.2, -0.15) is 5.10 Å². The first-order valence-corrected chi connectivity index (χ1v) is 8.96. The Balaban J connectivity index is 1.65. The summed E-state index contributed by atoms with van der Waals surface area (Å²) in [7, 11) is 1.98. The van der Waals surface area contributed by atoms with Crippen LogP contribution in [0.15, 0.2) is 12.3 Å². The van der Waals surface area contributed by atoms with E-state index >= 15 is 0 Å². The van der Waals surface area contributed by atoms with E-state index in [4.69, 9.17) is 4.98 Å². The van der Waals surface area contributed by atoms with Crippen LogP contribution in [0.1, 0.15) is 30.7 Å². The van der Waals surface area contributed by atoms with Crippen LogP contribution >= 0.6 is 0 Å². The van der Waals surface area contributed by atoms with Gasteiger partial charge in [0.2, 0.25) is 5.95 Å². The highest BCUT2D eigenvalue weighted by Gasteiger charge is 2.29. The van der Waals surface area contributed by atoms with Crippen LogP contribution in [-0.2, 0) is 7.05 Å². The van der Waals surface area contributed by atoms with Crippen LogP contribution in [0.3, 0.4) is 0 Å². The highest BCUT2D eigenvalue weighted by Crippen LogP contribution is 2.27. The van der Waals surface area contributed by atoms with E-state index in [1.165, 1.54) is 32.4 Å². The number of fused-ring (bicyclic) bond motifs is 1. The second kappa shape index (κ2) is 6.16. The molecule has 2 aromatic heterocycles. The van der Waals surface area contributed by atoms with Crippen molar-refractivity contribution in [2.75, 3.05) is 31.1 Å². The smallest absolute Gasteiger partial charge is 0.225 e. The largest absolute Gasteiger partial charge is 0.339 e. The van der Waals surface area contributed by atoms with E-state index in [0.29, 0.717) is 6.04 Å². The third-order valence-corrected chi connectivity index (χ3v) is 5.49. The van der Waals surface area contributed by atoms with Crippen molar-refractivity contribution >= 4 is 5.95 Å². The minimum Gasteiger partial charge on any atom is -0.339 e. The summed E-state index contributed by atoms with van der Waals surface area (Å²) in [6.07, 6.45) is 5.71. The average molecular weight is 326 g/mol. The molecular formula is C18H26N6. The first-order valence-electron chi connectivity index (χ1n) is 8.96. The molecule has 0 spiro atoms. The SMILES string of the molecule is Cc1nn(C)c(C)c1-c1ccnc(N2CCCN3CCC[C@H]3C2)n1. The van der Waals surface area contributed by atoms with Crippen molar-refractivity contribution in [3.63, 3.8) is 0 Å². The van der Waals surface area contributed by atoms with Gasteiger partial charge in [-0.05, 0) is 45.7 Å². The second-order valence-electron chi connectivity index (χ2n) is 7.04. The lowest BCUT2D eigenvalue weighted by Crippen LogP contribution is -2.37. The Kier molecular flexibility index (Phi) is 4.00. The van der Waals surface area contributed by atoms with Gasteiger partial charge in [-0.1, -0.05) is 0 Å². The zero-order valence-corrected chi connectivity index (χ0v) is 14.9. The molecule has 0 unspecified atom stereocenters. The van der Waals surface area contributed by atoms with Crippen molar-refractivity contribution in [1.29, 1.82) is 0 Å². The summed E-state index contributed by atoms with van der Waals surface area (Å²) in [5.74, 6) is 0.865. The number of hydrogen-bond donors (Lipinski definition) is 0. The molecule has 0 radical (unpaired) electrons. The molecule has 1 atom stereocenters. The monoisotopic (exact) mass is 326 g/mol. The molecule has 2 saturated heterocycles. The van der Waals surface area contributed by atoms with Gasteiger partial charge in [0.05, 0.1) is 11.4 Å². The summed E-state index contributed by atoms with van der Waals surface area (Å²) in [6, 6.07) is 2.67. The van der Waals surface area contributed by atoms with Gasteiger partial charge in [0.25, 0.3) is 0 Å². The molecule has 6 nitrogen and oxygen atoms in total. The van der Waals surface area contributed by atoms with Crippen LogP contribution in [0.4, 0.5) is 5.95 Å². The van der Waals surface area contributed by atoms with Gasteiger partial charge in [-0.15, -0.1) is 0 Å². The van der Waals surface area contributed by atoms with Gasteiger partial charge >= 0.3 is 0 Å². The van der Waals surface area contributed by atoms with Crippen molar-refractivity contribution in [3.05, 3.63) is 23.7 Å². The quantitative estimate of drug-likeness (QED) is 0.846. The zero-order valence-electron chi connectivity index (χ0n) is 14.9. The van der Waals surface area contributed by atoms with Gasteiger partial charge in [-0.25, -0.2) is 9.97 Å². The van der Waals surface area contributed by atoms with Gasteiger partial charge in [0.15, 0.2) is 0 Å². The van der Waals surface area contributed by atoms with Crippen LogP contribution < -0.4 is 4.90 Å². The minimum atomic E-state index is 0.668. The lowest BCUT2D eigenvalue weighted by Gasteiger charge is -2.25. The first-order chi connectivity index (χ1) is 11.6. The molecule has 24 heavy (non-hydrogen) atoms. The molecule has 0 aliphatic carbocycles. The van der Waals surface area contributed by atoms with Crippen LogP contribution in [0.2, 0.25) is 0 Å². The predicted molar refractivity (Wildman–Crippen MR) is 95.1 cm³/mol. The van der Waals surface area contributed by atoms with E-state index in [2.05, 4.69) is 26.8 Å². The highest BCUT2D eigenvalue weighted by atomic mass is 15.3. The van der Waals surface area contributed by atoms with E-state index < -0.39 is 0 Å². The molecular weight excluding hydrogens is 300 g/mol. The van der Waals surface area contributed by atoms with Crippen LogP contribution in [-0.4, -0.2) is 56.9 Å². The summed E-state index contributed by atoms with van der Waals surface area (Å²) in [5.41, 5.74) is 4.29. The Labute approximate surface area is 143 Å². The summed E-state index contributed by atoms with van der Waals surface area (Å²) >= 11 is 0. The van der Waals surface area contributed by atoms with E-state index in [9.17, 15) is 0 Å². The predicted octanol–water partition coefficient (Wildman–Crippen LogP) is 2.17. The molecule has 0 bridgehead atoms. The minimum absolute atomic E-state index is 0.668. The van der Waals surface area contributed by atoms with Gasteiger partial charge in [-0.3, -0.25) is 9.58 Å². The molecule has 0 amide bonds. The number of aryl methyl sites for hydroxylation is 2. The average Bonchev–Trinajstić information content (AvgIpc) is 3.04. The van der Waals surface area contributed by atoms with Crippen molar-refractivity contribution in [2.45, 2.75) is 39.2 Å². The molecule has 0 aromatic carbocycles. The molecule has 128 valence electrons. The Morgan fingerprint density at radius 3 is 2.75 bits per heavy atom. The van der Waals surface area contributed by atoms with Crippen molar-refractivity contribution in [3.8, 4) is 11.3 Å². The number of nitrogens with zero attached hydrogens (tertiary/aromatic N) is 6. The second-order valence-corrected chi connectivity index (χ2v) is 7.04. The number of aromatic nitrogens is 4. The Hall–Kier alpha value is -1.95. The van der Waals surface area contributed by atoms with E-state index in [-0.39, 0.29) is 0 Å². The third kappa shape index (κ3) is 2.69. The van der Waals surface area contributed by atoms with Crippen molar-refractivity contribution in [2.24, 2.45) is 7.05 Å². The normalized spacial score (nSPS) is 21.8. The molecule has 0 saturated carbocycles. The maximum absolute atomic E-state index is 4.90. The first kappa shape index (κ1) is 15.6. The lowest BCUT2D eigenvalue weighted by molar-refractivity contribution is 0.273. The molecule has 2 fully saturated rings. The topological polar surface area (TPSA) is 50.1 Å². The van der Waals surface area contributed by atoms with Gasteiger partial charge in [0.1, 0.15) is 0 Å². The van der Waals surface area contributed by atoms with Crippen LogP contribution in [0.5, 0.6) is 0 Å². The fourth-order valence-corrected chi connectivity index (χ4v) is 4.17. The molecule has 4 rings (SSSR count). The summed E-state index contributed by atoms with van der Waals surface area (Å²) in [5, 5.41) is 4.52.